The second-order valence-corrected chi connectivity index (χ2v) is 6.43. The Labute approximate surface area is 123 Å². The largest absolute Gasteiger partial charge is 0.480 e. The number of hydrogen-bond donors (Lipinski definition) is 1. The molecule has 1 amide bonds. The van der Waals surface area contributed by atoms with Crippen molar-refractivity contribution in [2.45, 2.75) is 51.5 Å². The number of carbonyl (C=O) groups is 2. The fraction of sp³-hybridized carbons (Fsp3) is 0.600. The van der Waals surface area contributed by atoms with Gasteiger partial charge in [-0.2, -0.15) is 0 Å². The first kappa shape index (κ1) is 15.0. The van der Waals surface area contributed by atoms with Gasteiger partial charge in [0.25, 0.3) is 5.91 Å². The summed E-state index contributed by atoms with van der Waals surface area (Å²) < 4.78 is 0. The number of rotatable bonds is 4. The third-order valence-corrected chi connectivity index (χ3v) is 5.14. The maximum Gasteiger partial charge on any atom is 0.326 e. The van der Waals surface area contributed by atoms with Crippen molar-refractivity contribution in [1.29, 1.82) is 0 Å². The first-order chi connectivity index (χ1) is 9.54. The Morgan fingerprint density at radius 3 is 2.70 bits per heavy atom. The maximum atomic E-state index is 12.4. The Bertz CT molecular complexity index is 486. The molecule has 1 aliphatic carbocycles. The van der Waals surface area contributed by atoms with Crippen molar-refractivity contribution >= 4 is 23.2 Å². The summed E-state index contributed by atoms with van der Waals surface area (Å²) in [5, 5.41) is 9.15. The molecule has 0 aromatic carbocycles. The Morgan fingerprint density at radius 2 is 2.05 bits per heavy atom. The van der Waals surface area contributed by atoms with Gasteiger partial charge in [0.05, 0.1) is 4.88 Å². The van der Waals surface area contributed by atoms with Gasteiger partial charge in [0.15, 0.2) is 0 Å². The van der Waals surface area contributed by atoms with Crippen LogP contribution in [0.4, 0.5) is 0 Å². The van der Waals surface area contributed by atoms with Crippen LogP contribution in [0.1, 0.15) is 52.7 Å². The summed E-state index contributed by atoms with van der Waals surface area (Å²) in [6, 6.07) is 1.23. The van der Waals surface area contributed by atoms with Crippen LogP contribution < -0.4 is 0 Å². The maximum absolute atomic E-state index is 12.4. The number of nitrogens with zero attached hydrogens (tertiary/aromatic N) is 1. The van der Waals surface area contributed by atoms with E-state index in [0.29, 0.717) is 11.3 Å². The molecule has 1 aromatic heterocycles. The zero-order chi connectivity index (χ0) is 14.7. The van der Waals surface area contributed by atoms with Gasteiger partial charge in [-0.15, -0.1) is 11.3 Å². The first-order valence-corrected chi connectivity index (χ1v) is 7.97. The summed E-state index contributed by atoms with van der Waals surface area (Å²) in [6.45, 7) is 1.78. The molecule has 110 valence electrons. The van der Waals surface area contributed by atoms with Crippen LogP contribution in [0.15, 0.2) is 6.07 Å². The molecule has 0 saturated carbocycles. The number of carbonyl (C=O) groups excluding carboxylic acids is 1. The Kier molecular flexibility index (Phi) is 4.81. The number of aliphatic carboxylic acids is 1. The highest BCUT2D eigenvalue weighted by Crippen LogP contribution is 2.29. The third kappa shape index (κ3) is 3.03. The van der Waals surface area contributed by atoms with E-state index in [4.69, 9.17) is 5.11 Å². The van der Waals surface area contributed by atoms with Gasteiger partial charge in [-0.05, 0) is 43.7 Å². The summed E-state index contributed by atoms with van der Waals surface area (Å²) in [5.74, 6) is -1.11. The number of hydrogen-bond acceptors (Lipinski definition) is 3. The molecule has 0 saturated heterocycles. The number of carboxylic acid groups (broad SMARTS) is 1. The minimum Gasteiger partial charge on any atom is -0.480 e. The minimum absolute atomic E-state index is 0.169. The lowest BCUT2D eigenvalue weighted by molar-refractivity contribution is -0.142. The summed E-state index contributed by atoms with van der Waals surface area (Å²) >= 11 is 1.54. The van der Waals surface area contributed by atoms with E-state index in [-0.39, 0.29) is 5.91 Å². The zero-order valence-electron chi connectivity index (χ0n) is 12.0. The average Bonchev–Trinajstić information content (AvgIpc) is 2.69. The Morgan fingerprint density at radius 1 is 1.35 bits per heavy atom. The standard InChI is InChI=1S/C15H21NO3S/c1-3-11(15(18)19)16(2)14(17)13-9-10-7-5-4-6-8-12(10)20-13/h9,11H,3-8H2,1-2H3,(H,18,19). The third-order valence-electron chi connectivity index (χ3n) is 3.92. The molecule has 4 nitrogen and oxygen atoms in total. The second-order valence-electron chi connectivity index (χ2n) is 5.30. The van der Waals surface area contributed by atoms with Crippen LogP contribution in [0.2, 0.25) is 0 Å². The average molecular weight is 295 g/mol. The molecule has 0 aliphatic heterocycles. The zero-order valence-corrected chi connectivity index (χ0v) is 12.8. The summed E-state index contributed by atoms with van der Waals surface area (Å²) in [7, 11) is 1.58. The molecule has 1 atom stereocenters. The van der Waals surface area contributed by atoms with E-state index in [1.165, 1.54) is 34.6 Å². The number of aryl methyl sites for hydroxylation is 2. The molecular formula is C15H21NO3S. The van der Waals surface area contributed by atoms with E-state index in [1.54, 1.807) is 25.3 Å². The molecule has 1 aliphatic rings. The van der Waals surface area contributed by atoms with Crippen LogP contribution in [0.3, 0.4) is 0 Å². The van der Waals surface area contributed by atoms with E-state index in [1.807, 2.05) is 6.07 Å². The molecule has 1 heterocycles. The number of amides is 1. The van der Waals surface area contributed by atoms with Crippen molar-refractivity contribution in [1.82, 2.24) is 4.90 Å². The highest BCUT2D eigenvalue weighted by atomic mass is 32.1. The molecule has 0 spiro atoms. The summed E-state index contributed by atoms with van der Waals surface area (Å²) in [4.78, 5) is 26.9. The van der Waals surface area contributed by atoms with E-state index < -0.39 is 12.0 Å². The van der Waals surface area contributed by atoms with Gasteiger partial charge >= 0.3 is 5.97 Å². The minimum atomic E-state index is -0.943. The topological polar surface area (TPSA) is 57.6 Å². The van der Waals surface area contributed by atoms with E-state index in [9.17, 15) is 9.59 Å². The van der Waals surface area contributed by atoms with Gasteiger partial charge in [0.2, 0.25) is 0 Å². The normalized spacial score (nSPS) is 16.1. The van der Waals surface area contributed by atoms with Gasteiger partial charge in [-0.25, -0.2) is 4.79 Å². The van der Waals surface area contributed by atoms with Crippen molar-refractivity contribution in [2.75, 3.05) is 7.05 Å². The van der Waals surface area contributed by atoms with Crippen LogP contribution in [0, 0.1) is 0 Å². The molecule has 0 bridgehead atoms. The fourth-order valence-corrected chi connectivity index (χ4v) is 3.94. The molecule has 5 heteroatoms. The monoisotopic (exact) mass is 295 g/mol. The smallest absolute Gasteiger partial charge is 0.326 e. The highest BCUT2D eigenvalue weighted by Gasteiger charge is 2.27. The molecule has 0 radical (unpaired) electrons. The van der Waals surface area contributed by atoms with E-state index in [2.05, 4.69) is 0 Å². The van der Waals surface area contributed by atoms with Crippen LogP contribution >= 0.6 is 11.3 Å². The Hall–Kier alpha value is -1.36. The van der Waals surface area contributed by atoms with Crippen molar-refractivity contribution in [3.63, 3.8) is 0 Å². The van der Waals surface area contributed by atoms with Crippen LogP contribution in [-0.2, 0) is 17.6 Å². The second kappa shape index (κ2) is 6.39. The quantitative estimate of drug-likeness (QED) is 0.869. The number of thiophene rings is 1. The molecule has 20 heavy (non-hydrogen) atoms. The van der Waals surface area contributed by atoms with Gasteiger partial charge in [-0.3, -0.25) is 4.79 Å². The predicted molar refractivity (Wildman–Crippen MR) is 79.4 cm³/mol. The molecule has 2 rings (SSSR count). The van der Waals surface area contributed by atoms with Crippen LogP contribution in [-0.4, -0.2) is 35.0 Å². The lowest BCUT2D eigenvalue weighted by Crippen LogP contribution is -2.41. The van der Waals surface area contributed by atoms with Crippen molar-refractivity contribution in [3.8, 4) is 0 Å². The van der Waals surface area contributed by atoms with Gasteiger partial charge in [0, 0.05) is 11.9 Å². The van der Waals surface area contributed by atoms with Gasteiger partial charge < -0.3 is 10.0 Å². The SMILES string of the molecule is CCC(C(=O)O)N(C)C(=O)c1cc2c(s1)CCCCC2. The first-order valence-electron chi connectivity index (χ1n) is 7.16. The molecule has 1 aromatic rings. The Balaban J connectivity index is 2.19. The van der Waals surface area contributed by atoms with Crippen LogP contribution in [0.5, 0.6) is 0 Å². The molecule has 1 unspecified atom stereocenters. The summed E-state index contributed by atoms with van der Waals surface area (Å²) in [5.41, 5.74) is 1.28. The predicted octanol–water partition coefficient (Wildman–Crippen LogP) is 2.95. The summed E-state index contributed by atoms with van der Waals surface area (Å²) in [6.07, 6.45) is 6.12. The highest BCUT2D eigenvalue weighted by molar-refractivity contribution is 7.14. The number of carboxylic acids is 1. The van der Waals surface area contributed by atoms with Crippen molar-refractivity contribution in [2.24, 2.45) is 0 Å². The number of likely N-dealkylation sites (N-methyl/N-ethyl adjacent to an activating group) is 1. The fourth-order valence-electron chi connectivity index (χ4n) is 2.70. The molecular weight excluding hydrogens is 274 g/mol. The lowest BCUT2D eigenvalue weighted by atomic mass is 10.1. The van der Waals surface area contributed by atoms with Crippen molar-refractivity contribution in [3.05, 3.63) is 21.4 Å². The van der Waals surface area contributed by atoms with E-state index in [0.717, 1.165) is 12.8 Å². The van der Waals surface area contributed by atoms with Gasteiger partial charge in [-0.1, -0.05) is 13.3 Å². The van der Waals surface area contributed by atoms with Crippen molar-refractivity contribution < 1.29 is 14.7 Å². The number of fused-ring (bicyclic) bond motifs is 1. The van der Waals surface area contributed by atoms with Crippen LogP contribution in [0.25, 0.3) is 0 Å². The van der Waals surface area contributed by atoms with E-state index >= 15 is 0 Å². The van der Waals surface area contributed by atoms with Gasteiger partial charge in [0.1, 0.15) is 6.04 Å². The molecule has 0 fully saturated rings. The lowest BCUT2D eigenvalue weighted by Gasteiger charge is -2.23. The molecule has 1 N–H and O–H groups in total.